The minimum atomic E-state index is -0.651. The molecule has 0 amide bonds. The van der Waals surface area contributed by atoms with Crippen molar-refractivity contribution in [3.8, 4) is 28.5 Å². The third kappa shape index (κ3) is 5.41. The fraction of sp³-hybridized carbons (Fsp3) is 0.161. The van der Waals surface area contributed by atoms with E-state index < -0.39 is 6.23 Å². The summed E-state index contributed by atoms with van der Waals surface area (Å²) in [5.41, 5.74) is 5.95. The van der Waals surface area contributed by atoms with Gasteiger partial charge in [-0.15, -0.1) is 10.2 Å². The largest absolute Gasteiger partial charge is 0.462 e. The van der Waals surface area contributed by atoms with Crippen LogP contribution in [-0.4, -0.2) is 27.8 Å². The Bertz CT molecular complexity index is 1650. The van der Waals surface area contributed by atoms with Gasteiger partial charge in [-0.25, -0.2) is 4.79 Å². The summed E-state index contributed by atoms with van der Waals surface area (Å²) in [6.07, 6.45) is -0.651. The van der Waals surface area contributed by atoms with Gasteiger partial charge >= 0.3 is 5.97 Å². The number of carbonyl (C=O) groups excluding carboxylic acids is 1. The molecule has 1 N–H and O–H groups in total. The zero-order valence-corrected chi connectivity index (χ0v) is 22.8. The second kappa shape index (κ2) is 11.2. The van der Waals surface area contributed by atoms with Crippen molar-refractivity contribution in [1.29, 1.82) is 0 Å². The van der Waals surface area contributed by atoms with Gasteiger partial charge in [-0.1, -0.05) is 71.9 Å². The average molecular weight is 551 g/mol. The maximum absolute atomic E-state index is 12.0. The lowest BCUT2D eigenvalue weighted by atomic mass is 10.1. The van der Waals surface area contributed by atoms with Crippen molar-refractivity contribution >= 4 is 23.4 Å². The molecule has 40 heavy (non-hydrogen) atoms. The Morgan fingerprint density at radius 1 is 0.975 bits per heavy atom. The van der Waals surface area contributed by atoms with Crippen LogP contribution >= 0.6 is 11.8 Å². The summed E-state index contributed by atoms with van der Waals surface area (Å²) in [4.78, 5) is 16.7. The standard InChI is InChI=1S/C31H26N4O4S/c1-3-37-30(36)22-14-12-21(13-15-22)25-16-17-26(38-25)28-32-24-7-5-4-6-23(24)27-29(39-28)33-31(35-34-27)40-18-20-10-8-19(2)9-11-20/h4-17,28,32H,3,18H2,1-2H3/t28-/m0/s1. The molecule has 0 saturated heterocycles. The molecule has 0 bridgehead atoms. The van der Waals surface area contributed by atoms with Crippen LogP contribution in [0.25, 0.3) is 22.6 Å². The summed E-state index contributed by atoms with van der Waals surface area (Å²) < 4.78 is 17.7. The highest BCUT2D eigenvalue weighted by Crippen LogP contribution is 2.40. The molecule has 0 radical (unpaired) electrons. The van der Waals surface area contributed by atoms with Crippen LogP contribution < -0.4 is 10.1 Å². The molecule has 0 saturated carbocycles. The zero-order valence-electron chi connectivity index (χ0n) is 22.0. The molecule has 3 heterocycles. The molecule has 0 spiro atoms. The molecule has 0 aliphatic carbocycles. The van der Waals surface area contributed by atoms with Crippen molar-refractivity contribution in [2.75, 3.05) is 11.9 Å². The number of nitrogens with one attached hydrogen (secondary N) is 1. The molecule has 6 rings (SSSR count). The van der Waals surface area contributed by atoms with Gasteiger partial charge in [0.1, 0.15) is 5.76 Å². The third-order valence-corrected chi connectivity index (χ3v) is 7.30. The Morgan fingerprint density at radius 2 is 1.77 bits per heavy atom. The van der Waals surface area contributed by atoms with Crippen LogP contribution in [0.2, 0.25) is 0 Å². The molecule has 9 heteroatoms. The number of aryl methyl sites for hydroxylation is 1. The fourth-order valence-corrected chi connectivity index (χ4v) is 5.04. The molecular weight excluding hydrogens is 524 g/mol. The number of esters is 1. The van der Waals surface area contributed by atoms with E-state index in [2.05, 4.69) is 46.7 Å². The zero-order chi connectivity index (χ0) is 27.5. The number of furan rings is 1. The Morgan fingerprint density at radius 3 is 2.58 bits per heavy atom. The number of nitrogens with zero attached hydrogens (tertiary/aromatic N) is 3. The second-order valence-corrected chi connectivity index (χ2v) is 10.2. The summed E-state index contributed by atoms with van der Waals surface area (Å²) in [6, 6.07) is 27.0. The number of hydrogen-bond acceptors (Lipinski definition) is 9. The number of para-hydroxylation sites is 1. The van der Waals surface area contributed by atoms with Gasteiger partial charge in [0.05, 0.1) is 12.2 Å². The van der Waals surface area contributed by atoms with E-state index in [0.717, 1.165) is 22.6 Å². The summed E-state index contributed by atoms with van der Waals surface area (Å²) in [6.45, 7) is 4.18. The van der Waals surface area contributed by atoms with Gasteiger partial charge in [-0.3, -0.25) is 0 Å². The number of rotatable bonds is 7. The smallest absolute Gasteiger partial charge is 0.338 e. The maximum Gasteiger partial charge on any atom is 0.338 e. The molecule has 1 atom stereocenters. The van der Waals surface area contributed by atoms with E-state index in [9.17, 15) is 4.79 Å². The predicted octanol–water partition coefficient (Wildman–Crippen LogP) is 7.08. The molecule has 200 valence electrons. The fourth-order valence-electron chi connectivity index (χ4n) is 4.30. The van der Waals surface area contributed by atoms with Crippen LogP contribution in [0.3, 0.4) is 0 Å². The first-order valence-corrected chi connectivity index (χ1v) is 13.9. The highest BCUT2D eigenvalue weighted by molar-refractivity contribution is 7.98. The number of anilines is 1. The highest BCUT2D eigenvalue weighted by Gasteiger charge is 2.28. The van der Waals surface area contributed by atoms with Crippen LogP contribution in [0.4, 0.5) is 5.69 Å². The van der Waals surface area contributed by atoms with Crippen molar-refractivity contribution in [1.82, 2.24) is 15.2 Å². The SMILES string of the molecule is CCOC(=O)c1ccc(-c2ccc([C@H]3Nc4ccccc4-c4nnc(SCc5ccc(C)cc5)nc4O3)o2)cc1. The first-order chi connectivity index (χ1) is 19.6. The molecule has 1 aliphatic rings. The predicted molar refractivity (Wildman–Crippen MR) is 153 cm³/mol. The van der Waals surface area contributed by atoms with Gasteiger partial charge in [0.15, 0.2) is 11.5 Å². The van der Waals surface area contributed by atoms with E-state index >= 15 is 0 Å². The average Bonchev–Trinajstić information content (AvgIpc) is 3.41. The van der Waals surface area contributed by atoms with E-state index in [1.807, 2.05) is 48.5 Å². The topological polar surface area (TPSA) is 99.4 Å². The van der Waals surface area contributed by atoms with Gasteiger partial charge in [0, 0.05) is 22.6 Å². The number of aromatic nitrogens is 3. The molecule has 1 aliphatic heterocycles. The van der Waals surface area contributed by atoms with Crippen molar-refractivity contribution in [3.05, 3.63) is 107 Å². The van der Waals surface area contributed by atoms with E-state index in [0.29, 0.717) is 40.4 Å². The lowest BCUT2D eigenvalue weighted by Gasteiger charge is -2.16. The van der Waals surface area contributed by atoms with Gasteiger partial charge in [0.2, 0.25) is 17.3 Å². The summed E-state index contributed by atoms with van der Waals surface area (Å²) in [5.74, 6) is 1.95. The first kappa shape index (κ1) is 25.6. The van der Waals surface area contributed by atoms with Crippen molar-refractivity contribution in [2.45, 2.75) is 31.0 Å². The van der Waals surface area contributed by atoms with E-state index in [-0.39, 0.29) is 5.97 Å². The van der Waals surface area contributed by atoms with Crippen LogP contribution in [0.1, 0.15) is 40.4 Å². The number of hydrogen-bond donors (Lipinski definition) is 1. The van der Waals surface area contributed by atoms with E-state index in [1.165, 1.54) is 22.9 Å². The van der Waals surface area contributed by atoms with Gasteiger partial charge in [-0.05, 0) is 49.7 Å². The molecule has 3 aromatic carbocycles. The third-order valence-electron chi connectivity index (χ3n) is 6.39. The Hall–Kier alpha value is -4.63. The van der Waals surface area contributed by atoms with Gasteiger partial charge < -0.3 is 19.2 Å². The molecule has 0 fully saturated rings. The van der Waals surface area contributed by atoms with Crippen molar-refractivity contribution in [2.24, 2.45) is 0 Å². The molecule has 5 aromatic rings. The van der Waals surface area contributed by atoms with Gasteiger partial charge in [0.25, 0.3) is 0 Å². The lowest BCUT2D eigenvalue weighted by Crippen LogP contribution is -2.16. The molecule has 0 unspecified atom stereocenters. The highest BCUT2D eigenvalue weighted by atomic mass is 32.2. The summed E-state index contributed by atoms with van der Waals surface area (Å²) >= 11 is 1.50. The minimum absolute atomic E-state index is 0.330. The van der Waals surface area contributed by atoms with Gasteiger partial charge in [-0.2, -0.15) is 4.98 Å². The first-order valence-electron chi connectivity index (χ1n) is 12.9. The van der Waals surface area contributed by atoms with Crippen molar-refractivity contribution < 1.29 is 18.7 Å². The number of ether oxygens (including phenoxy) is 2. The van der Waals surface area contributed by atoms with Crippen LogP contribution in [0.15, 0.2) is 94.5 Å². The molecule has 8 nitrogen and oxygen atoms in total. The Labute approximate surface area is 235 Å². The summed E-state index contributed by atoms with van der Waals surface area (Å²) in [7, 11) is 0. The normalized spacial score (nSPS) is 13.8. The van der Waals surface area contributed by atoms with Crippen LogP contribution in [-0.2, 0) is 10.5 Å². The Kier molecular flexibility index (Phi) is 7.20. The number of benzene rings is 3. The minimum Gasteiger partial charge on any atom is -0.462 e. The van der Waals surface area contributed by atoms with Crippen LogP contribution in [0.5, 0.6) is 5.88 Å². The quantitative estimate of drug-likeness (QED) is 0.168. The summed E-state index contributed by atoms with van der Waals surface area (Å²) in [5, 5.41) is 12.8. The van der Waals surface area contributed by atoms with E-state index in [4.69, 9.17) is 18.9 Å². The van der Waals surface area contributed by atoms with Crippen LogP contribution in [0, 0.1) is 6.92 Å². The maximum atomic E-state index is 12.0. The second-order valence-electron chi connectivity index (χ2n) is 9.21. The number of carbonyl (C=O) groups is 1. The number of fused-ring (bicyclic) bond motifs is 3. The molecule has 2 aromatic heterocycles. The lowest BCUT2D eigenvalue weighted by molar-refractivity contribution is 0.0526. The monoisotopic (exact) mass is 550 g/mol. The molecular formula is C31H26N4O4S. The number of thioether (sulfide) groups is 1. The van der Waals surface area contributed by atoms with E-state index in [1.54, 1.807) is 19.1 Å². The Balaban J connectivity index is 1.26. The van der Waals surface area contributed by atoms with Crippen molar-refractivity contribution in [3.63, 3.8) is 0 Å².